The number of halogens is 2. The van der Waals surface area contributed by atoms with Crippen molar-refractivity contribution in [2.75, 3.05) is 18.5 Å². The summed E-state index contributed by atoms with van der Waals surface area (Å²) in [5.74, 6) is -3.55. The van der Waals surface area contributed by atoms with E-state index in [0.717, 1.165) is 6.07 Å². The molecule has 1 aliphatic heterocycles. The SMILES string of the molecule is CC1(C(=O)Nc2c([N+](=O)[O-])ccc(F)c2F)COCC1N. The number of hydrogen-bond acceptors (Lipinski definition) is 5. The predicted octanol–water partition coefficient (Wildman–Crippen LogP) is 1.18. The van der Waals surface area contributed by atoms with Crippen LogP contribution in [-0.4, -0.2) is 30.1 Å². The first-order valence-corrected chi connectivity index (χ1v) is 6.04. The van der Waals surface area contributed by atoms with Crippen LogP contribution in [0.1, 0.15) is 6.92 Å². The molecule has 1 aromatic carbocycles. The Morgan fingerprint density at radius 1 is 1.57 bits per heavy atom. The molecule has 1 aliphatic rings. The Kier molecular flexibility index (Phi) is 3.88. The summed E-state index contributed by atoms with van der Waals surface area (Å²) in [5.41, 5.74) is 3.02. The first-order chi connectivity index (χ1) is 9.77. The highest BCUT2D eigenvalue weighted by Gasteiger charge is 2.45. The lowest BCUT2D eigenvalue weighted by Gasteiger charge is -2.25. The molecule has 0 aliphatic carbocycles. The lowest BCUT2D eigenvalue weighted by molar-refractivity contribution is -0.384. The second-order valence-corrected chi connectivity index (χ2v) is 5.01. The van der Waals surface area contributed by atoms with Crippen molar-refractivity contribution >= 4 is 17.3 Å². The van der Waals surface area contributed by atoms with Crippen LogP contribution in [0.3, 0.4) is 0 Å². The van der Waals surface area contributed by atoms with Crippen molar-refractivity contribution in [1.82, 2.24) is 0 Å². The van der Waals surface area contributed by atoms with E-state index in [-0.39, 0.29) is 13.2 Å². The maximum absolute atomic E-state index is 13.7. The first kappa shape index (κ1) is 15.3. The molecule has 0 aromatic heterocycles. The molecule has 1 amide bonds. The Hall–Kier alpha value is -2.13. The highest BCUT2D eigenvalue weighted by molar-refractivity contribution is 5.97. The highest BCUT2D eigenvalue weighted by Crippen LogP contribution is 2.33. The van der Waals surface area contributed by atoms with E-state index in [0.29, 0.717) is 6.07 Å². The third-order valence-corrected chi connectivity index (χ3v) is 3.54. The van der Waals surface area contributed by atoms with Gasteiger partial charge in [0.1, 0.15) is 0 Å². The molecule has 0 bridgehead atoms. The average molecular weight is 301 g/mol. The van der Waals surface area contributed by atoms with Crippen molar-refractivity contribution in [1.29, 1.82) is 0 Å². The summed E-state index contributed by atoms with van der Waals surface area (Å²) < 4.78 is 32.0. The van der Waals surface area contributed by atoms with Gasteiger partial charge in [-0.05, 0) is 13.0 Å². The van der Waals surface area contributed by atoms with Crippen LogP contribution in [0.15, 0.2) is 12.1 Å². The molecule has 9 heteroatoms. The van der Waals surface area contributed by atoms with E-state index in [9.17, 15) is 23.7 Å². The summed E-state index contributed by atoms with van der Waals surface area (Å²) in [4.78, 5) is 22.1. The molecule has 0 radical (unpaired) electrons. The number of nitro benzene ring substituents is 1. The van der Waals surface area contributed by atoms with Crippen LogP contribution in [0.5, 0.6) is 0 Å². The van der Waals surface area contributed by atoms with Gasteiger partial charge in [0.2, 0.25) is 5.91 Å². The van der Waals surface area contributed by atoms with E-state index in [1.54, 1.807) is 0 Å². The van der Waals surface area contributed by atoms with Gasteiger partial charge < -0.3 is 15.8 Å². The average Bonchev–Trinajstić information content (AvgIpc) is 2.76. The van der Waals surface area contributed by atoms with Crippen molar-refractivity contribution in [2.24, 2.45) is 11.1 Å². The topological polar surface area (TPSA) is 107 Å². The van der Waals surface area contributed by atoms with E-state index in [1.165, 1.54) is 6.92 Å². The van der Waals surface area contributed by atoms with Gasteiger partial charge in [0.05, 0.1) is 23.6 Å². The Morgan fingerprint density at radius 3 is 2.76 bits per heavy atom. The molecule has 1 saturated heterocycles. The highest BCUT2D eigenvalue weighted by atomic mass is 19.2. The molecular weight excluding hydrogens is 288 g/mol. The number of nitrogens with zero attached hydrogens (tertiary/aromatic N) is 1. The molecule has 1 heterocycles. The largest absolute Gasteiger partial charge is 0.379 e. The minimum atomic E-state index is -1.49. The number of carbonyl (C=O) groups is 1. The van der Waals surface area contributed by atoms with Gasteiger partial charge in [-0.3, -0.25) is 14.9 Å². The van der Waals surface area contributed by atoms with Gasteiger partial charge in [0, 0.05) is 12.1 Å². The summed E-state index contributed by atoms with van der Waals surface area (Å²) >= 11 is 0. The molecular formula is C12H13F2N3O4. The van der Waals surface area contributed by atoms with Gasteiger partial charge in [0.15, 0.2) is 17.3 Å². The van der Waals surface area contributed by atoms with Gasteiger partial charge in [-0.15, -0.1) is 0 Å². The van der Waals surface area contributed by atoms with Gasteiger partial charge in [-0.2, -0.15) is 0 Å². The minimum Gasteiger partial charge on any atom is -0.379 e. The summed E-state index contributed by atoms with van der Waals surface area (Å²) in [6, 6.07) is 0.754. The fraction of sp³-hybridized carbons (Fsp3) is 0.417. The standard InChI is InChI=1S/C12H13F2N3O4/c1-12(5-21-4-8(12)15)11(18)16-10-7(17(19)20)3-2-6(13)9(10)14/h2-3,8H,4-5,15H2,1H3,(H,16,18). The van der Waals surface area contributed by atoms with Crippen LogP contribution in [0, 0.1) is 27.2 Å². The molecule has 21 heavy (non-hydrogen) atoms. The molecule has 3 N–H and O–H groups in total. The molecule has 2 unspecified atom stereocenters. The van der Waals surface area contributed by atoms with Gasteiger partial charge in [0.25, 0.3) is 5.69 Å². The molecule has 114 valence electrons. The maximum Gasteiger partial charge on any atom is 0.296 e. The van der Waals surface area contributed by atoms with Crippen molar-refractivity contribution in [3.05, 3.63) is 33.9 Å². The number of nitro groups is 1. The fourth-order valence-electron chi connectivity index (χ4n) is 1.99. The lowest BCUT2D eigenvalue weighted by atomic mass is 9.84. The van der Waals surface area contributed by atoms with Crippen molar-refractivity contribution in [2.45, 2.75) is 13.0 Å². The third-order valence-electron chi connectivity index (χ3n) is 3.54. The summed E-state index contributed by atoms with van der Waals surface area (Å²) in [6.07, 6.45) is 0. The van der Waals surface area contributed by atoms with Crippen molar-refractivity contribution in [3.8, 4) is 0 Å². The van der Waals surface area contributed by atoms with E-state index >= 15 is 0 Å². The molecule has 1 fully saturated rings. The molecule has 7 nitrogen and oxygen atoms in total. The Morgan fingerprint density at radius 2 is 2.24 bits per heavy atom. The van der Waals surface area contributed by atoms with Gasteiger partial charge in [-0.1, -0.05) is 0 Å². The zero-order valence-corrected chi connectivity index (χ0v) is 11.1. The van der Waals surface area contributed by atoms with Crippen molar-refractivity contribution in [3.63, 3.8) is 0 Å². The first-order valence-electron chi connectivity index (χ1n) is 6.04. The third kappa shape index (κ3) is 2.57. The van der Waals surface area contributed by atoms with E-state index in [1.807, 2.05) is 0 Å². The normalized spacial score (nSPS) is 24.9. The van der Waals surface area contributed by atoms with Crippen LogP contribution >= 0.6 is 0 Å². The predicted molar refractivity (Wildman–Crippen MR) is 68.5 cm³/mol. The zero-order chi connectivity index (χ0) is 15.8. The van der Waals surface area contributed by atoms with Crippen LogP contribution in [0.2, 0.25) is 0 Å². The monoisotopic (exact) mass is 301 g/mol. The maximum atomic E-state index is 13.7. The van der Waals surface area contributed by atoms with E-state index in [4.69, 9.17) is 10.5 Å². The number of ether oxygens (including phenoxy) is 1. The van der Waals surface area contributed by atoms with Crippen molar-refractivity contribution < 1.29 is 23.2 Å². The van der Waals surface area contributed by atoms with Crippen LogP contribution < -0.4 is 11.1 Å². The Labute approximate surface area is 118 Å². The van der Waals surface area contributed by atoms with Gasteiger partial charge in [-0.25, -0.2) is 8.78 Å². The Bertz CT molecular complexity index is 610. The number of rotatable bonds is 3. The second-order valence-electron chi connectivity index (χ2n) is 5.01. The second kappa shape index (κ2) is 5.34. The minimum absolute atomic E-state index is 0.00919. The molecule has 0 spiro atoms. The number of carbonyl (C=O) groups excluding carboxylic acids is 1. The van der Waals surface area contributed by atoms with E-state index in [2.05, 4.69) is 5.32 Å². The lowest BCUT2D eigenvalue weighted by Crippen LogP contribution is -2.47. The fourth-order valence-corrected chi connectivity index (χ4v) is 1.99. The molecule has 2 atom stereocenters. The smallest absolute Gasteiger partial charge is 0.296 e. The van der Waals surface area contributed by atoms with Crippen LogP contribution in [0.25, 0.3) is 0 Å². The number of nitrogens with one attached hydrogen (secondary N) is 1. The van der Waals surface area contributed by atoms with Crippen LogP contribution in [0.4, 0.5) is 20.2 Å². The number of benzene rings is 1. The van der Waals surface area contributed by atoms with E-state index < -0.39 is 45.3 Å². The Balaban J connectivity index is 2.37. The molecule has 1 aromatic rings. The molecule has 0 saturated carbocycles. The summed E-state index contributed by atoms with van der Waals surface area (Å²) in [6.45, 7) is 1.62. The summed E-state index contributed by atoms with van der Waals surface area (Å²) in [5, 5.41) is 12.9. The zero-order valence-electron chi connectivity index (χ0n) is 11.1. The quantitative estimate of drug-likeness (QED) is 0.643. The van der Waals surface area contributed by atoms with Crippen LogP contribution in [-0.2, 0) is 9.53 Å². The molecule has 2 rings (SSSR count). The number of nitrogens with two attached hydrogens (primary N) is 1. The van der Waals surface area contributed by atoms with Gasteiger partial charge >= 0.3 is 0 Å². The number of amides is 1. The summed E-state index contributed by atoms with van der Waals surface area (Å²) in [7, 11) is 0. The number of anilines is 1. The number of hydrogen-bond donors (Lipinski definition) is 2.